The normalized spacial score (nSPS) is 20.2. The van der Waals surface area contributed by atoms with Gasteiger partial charge in [-0.15, -0.1) is 0 Å². The number of likely N-dealkylation sites (N-methyl/N-ethyl adjacent to an activating group) is 2. The summed E-state index contributed by atoms with van der Waals surface area (Å²) < 4.78 is 5.55. The van der Waals surface area contributed by atoms with Crippen LogP contribution in [0.25, 0.3) is 0 Å². The minimum absolute atomic E-state index is 0.499. The second-order valence-corrected chi connectivity index (χ2v) is 3.07. The van der Waals surface area contributed by atoms with E-state index in [1.54, 1.807) is 0 Å². The first-order valence-corrected chi connectivity index (χ1v) is 4.33. The largest absolute Gasteiger partial charge is 0.374 e. The molecule has 11 heavy (non-hydrogen) atoms. The lowest BCUT2D eigenvalue weighted by Crippen LogP contribution is -2.50. The quantitative estimate of drug-likeness (QED) is 0.567. The number of hydrogen-bond acceptors (Lipinski definition) is 3. The van der Waals surface area contributed by atoms with Crippen molar-refractivity contribution in [2.24, 2.45) is 0 Å². The van der Waals surface area contributed by atoms with Crippen LogP contribution >= 0.6 is 0 Å². The predicted octanol–water partition coefficient (Wildman–Crippen LogP) is -0.0735. The number of ether oxygens (including phenoxy) is 1. The summed E-state index contributed by atoms with van der Waals surface area (Å²) in [5, 5.41) is 3.22. The van der Waals surface area contributed by atoms with Crippen molar-refractivity contribution in [1.29, 1.82) is 0 Å². The highest BCUT2D eigenvalue weighted by Crippen LogP contribution is 2.07. The molecule has 0 aromatic heterocycles. The third-order valence-corrected chi connectivity index (χ3v) is 1.91. The van der Waals surface area contributed by atoms with Crippen molar-refractivity contribution in [2.45, 2.75) is 13.0 Å². The van der Waals surface area contributed by atoms with Gasteiger partial charge in [-0.05, 0) is 13.6 Å². The lowest BCUT2D eigenvalue weighted by molar-refractivity contribution is -0.0414. The third-order valence-electron chi connectivity index (χ3n) is 1.91. The minimum Gasteiger partial charge on any atom is -0.374 e. The average molecular weight is 158 g/mol. The number of nitrogens with zero attached hydrogens (tertiary/aromatic N) is 1. The smallest absolute Gasteiger partial charge is 0.0829 e. The lowest BCUT2D eigenvalue weighted by atomic mass is 10.2. The van der Waals surface area contributed by atoms with Crippen molar-refractivity contribution in [3.8, 4) is 0 Å². The van der Waals surface area contributed by atoms with E-state index in [-0.39, 0.29) is 0 Å². The summed E-state index contributed by atoms with van der Waals surface area (Å²) in [6.45, 7) is 7.19. The van der Waals surface area contributed by atoms with Gasteiger partial charge in [0.25, 0.3) is 0 Å². The molecule has 0 atom stereocenters. The monoisotopic (exact) mass is 158 g/mol. The summed E-state index contributed by atoms with van der Waals surface area (Å²) in [6, 6.07) is 0. The standard InChI is InChI=1S/C8H18N2O/c1-3-9-4-5-11-8-6-10(2)7-8/h8-9H,3-7H2,1-2H3. The van der Waals surface area contributed by atoms with Gasteiger partial charge in [0, 0.05) is 19.6 Å². The average Bonchev–Trinajstić information content (AvgIpc) is 1.94. The van der Waals surface area contributed by atoms with Gasteiger partial charge in [-0.3, -0.25) is 0 Å². The predicted molar refractivity (Wildman–Crippen MR) is 45.8 cm³/mol. The summed E-state index contributed by atoms with van der Waals surface area (Å²) in [6.07, 6.45) is 0.499. The maximum atomic E-state index is 5.55. The van der Waals surface area contributed by atoms with Crippen molar-refractivity contribution < 1.29 is 4.74 Å². The van der Waals surface area contributed by atoms with Gasteiger partial charge in [0.05, 0.1) is 12.7 Å². The van der Waals surface area contributed by atoms with E-state index >= 15 is 0 Å². The van der Waals surface area contributed by atoms with Crippen molar-refractivity contribution in [3.63, 3.8) is 0 Å². The van der Waals surface area contributed by atoms with Crippen molar-refractivity contribution in [1.82, 2.24) is 10.2 Å². The SMILES string of the molecule is CCNCCOC1CN(C)C1. The molecule has 0 spiro atoms. The zero-order valence-electron chi connectivity index (χ0n) is 7.47. The fraction of sp³-hybridized carbons (Fsp3) is 1.00. The molecule has 0 aromatic rings. The van der Waals surface area contributed by atoms with Crippen LogP contribution in [0.5, 0.6) is 0 Å². The van der Waals surface area contributed by atoms with Crippen LogP contribution in [0.3, 0.4) is 0 Å². The summed E-state index contributed by atoms with van der Waals surface area (Å²) in [5.41, 5.74) is 0. The van der Waals surface area contributed by atoms with Gasteiger partial charge < -0.3 is 15.0 Å². The summed E-state index contributed by atoms with van der Waals surface area (Å²) >= 11 is 0. The van der Waals surface area contributed by atoms with E-state index in [1.165, 1.54) is 0 Å². The summed E-state index contributed by atoms with van der Waals surface area (Å²) in [7, 11) is 2.12. The van der Waals surface area contributed by atoms with E-state index in [0.717, 1.165) is 32.8 Å². The molecule has 0 radical (unpaired) electrons. The van der Waals surface area contributed by atoms with Crippen LogP contribution in [-0.4, -0.2) is 50.8 Å². The Morgan fingerprint density at radius 1 is 1.55 bits per heavy atom. The third kappa shape index (κ3) is 3.18. The van der Waals surface area contributed by atoms with Crippen molar-refractivity contribution >= 4 is 0 Å². The van der Waals surface area contributed by atoms with E-state index < -0.39 is 0 Å². The van der Waals surface area contributed by atoms with Gasteiger partial charge in [0.15, 0.2) is 0 Å². The number of rotatable bonds is 5. The fourth-order valence-electron chi connectivity index (χ4n) is 1.22. The molecular formula is C8H18N2O. The molecule has 1 saturated heterocycles. The van der Waals surface area contributed by atoms with E-state index in [9.17, 15) is 0 Å². The molecule has 1 N–H and O–H groups in total. The molecule has 1 fully saturated rings. The van der Waals surface area contributed by atoms with E-state index in [1.807, 2.05) is 0 Å². The molecule has 66 valence electrons. The molecule has 3 nitrogen and oxygen atoms in total. The maximum Gasteiger partial charge on any atom is 0.0829 e. The van der Waals surface area contributed by atoms with Crippen LogP contribution in [0.15, 0.2) is 0 Å². The number of nitrogens with one attached hydrogen (secondary N) is 1. The molecule has 1 aliphatic rings. The van der Waals surface area contributed by atoms with Crippen molar-refractivity contribution in [2.75, 3.05) is 39.8 Å². The molecule has 0 bridgehead atoms. The molecule has 0 amide bonds. The molecule has 0 saturated carbocycles. The maximum absolute atomic E-state index is 5.55. The van der Waals surface area contributed by atoms with Gasteiger partial charge in [-0.25, -0.2) is 0 Å². The highest BCUT2D eigenvalue weighted by atomic mass is 16.5. The van der Waals surface area contributed by atoms with E-state index in [4.69, 9.17) is 4.74 Å². The lowest BCUT2D eigenvalue weighted by Gasteiger charge is -2.35. The molecule has 1 heterocycles. The second kappa shape index (κ2) is 4.70. The molecular weight excluding hydrogens is 140 g/mol. The number of likely N-dealkylation sites (tertiary alicyclic amines) is 1. The van der Waals surface area contributed by atoms with Crippen LogP contribution in [-0.2, 0) is 4.74 Å². The molecule has 0 aromatic carbocycles. The Morgan fingerprint density at radius 3 is 2.82 bits per heavy atom. The first kappa shape index (κ1) is 8.97. The van der Waals surface area contributed by atoms with Crippen LogP contribution in [0.2, 0.25) is 0 Å². The molecule has 0 aliphatic carbocycles. The molecule has 1 rings (SSSR count). The van der Waals surface area contributed by atoms with E-state index in [0.29, 0.717) is 6.10 Å². The molecule has 1 aliphatic heterocycles. The first-order chi connectivity index (χ1) is 5.33. The Bertz CT molecular complexity index is 102. The van der Waals surface area contributed by atoms with Gasteiger partial charge in [0.1, 0.15) is 0 Å². The Balaban J connectivity index is 1.81. The Kier molecular flexibility index (Phi) is 3.83. The number of hydrogen-bond donors (Lipinski definition) is 1. The van der Waals surface area contributed by atoms with Gasteiger partial charge >= 0.3 is 0 Å². The highest BCUT2D eigenvalue weighted by molar-refractivity contribution is 4.77. The highest BCUT2D eigenvalue weighted by Gasteiger charge is 2.22. The zero-order chi connectivity index (χ0) is 8.10. The van der Waals surface area contributed by atoms with Crippen LogP contribution in [0.4, 0.5) is 0 Å². The van der Waals surface area contributed by atoms with Gasteiger partial charge in [-0.2, -0.15) is 0 Å². The Labute approximate surface area is 68.7 Å². The second-order valence-electron chi connectivity index (χ2n) is 3.07. The summed E-state index contributed by atoms with van der Waals surface area (Å²) in [4.78, 5) is 2.26. The van der Waals surface area contributed by atoms with E-state index in [2.05, 4.69) is 24.2 Å². The van der Waals surface area contributed by atoms with Crippen molar-refractivity contribution in [3.05, 3.63) is 0 Å². The van der Waals surface area contributed by atoms with Crippen LogP contribution in [0, 0.1) is 0 Å². The zero-order valence-corrected chi connectivity index (χ0v) is 7.47. The van der Waals surface area contributed by atoms with Crippen LogP contribution in [0.1, 0.15) is 6.92 Å². The van der Waals surface area contributed by atoms with Gasteiger partial charge in [0.2, 0.25) is 0 Å². The Hall–Kier alpha value is -0.120. The minimum atomic E-state index is 0.499. The summed E-state index contributed by atoms with van der Waals surface area (Å²) in [5.74, 6) is 0. The Morgan fingerprint density at radius 2 is 2.27 bits per heavy atom. The topological polar surface area (TPSA) is 24.5 Å². The van der Waals surface area contributed by atoms with Gasteiger partial charge in [-0.1, -0.05) is 6.92 Å². The molecule has 0 unspecified atom stereocenters. The fourth-order valence-corrected chi connectivity index (χ4v) is 1.22. The van der Waals surface area contributed by atoms with Crippen LogP contribution < -0.4 is 5.32 Å². The molecule has 3 heteroatoms. The first-order valence-electron chi connectivity index (χ1n) is 4.33.